The first-order chi connectivity index (χ1) is 18.4. The second-order valence-corrected chi connectivity index (χ2v) is 11.6. The minimum atomic E-state index is -0.926. The predicted molar refractivity (Wildman–Crippen MR) is 159 cm³/mol. The van der Waals surface area contributed by atoms with Crippen LogP contribution in [0.1, 0.15) is 85.5 Å². The Morgan fingerprint density at radius 1 is 0.949 bits per heavy atom. The van der Waals surface area contributed by atoms with Crippen LogP contribution in [0.4, 0.5) is 0 Å². The van der Waals surface area contributed by atoms with Crippen molar-refractivity contribution in [3.8, 4) is 16.9 Å². The molecule has 1 amide bonds. The second-order valence-electron chi connectivity index (χ2n) is 11.6. The highest BCUT2D eigenvalue weighted by Crippen LogP contribution is 2.33. The van der Waals surface area contributed by atoms with E-state index in [9.17, 15) is 9.59 Å². The van der Waals surface area contributed by atoms with Crippen molar-refractivity contribution in [2.45, 2.75) is 73.1 Å². The first kappa shape index (κ1) is 29.9. The maximum Gasteiger partial charge on any atom is 0.305 e. The van der Waals surface area contributed by atoms with Gasteiger partial charge >= 0.3 is 5.97 Å². The molecule has 0 atom stereocenters. The lowest BCUT2D eigenvalue weighted by Gasteiger charge is -2.25. The molecule has 0 saturated heterocycles. The molecule has 5 heteroatoms. The molecule has 0 aliphatic heterocycles. The Balaban J connectivity index is 1.50. The summed E-state index contributed by atoms with van der Waals surface area (Å²) in [4.78, 5) is 22.7. The molecule has 0 saturated carbocycles. The summed E-state index contributed by atoms with van der Waals surface area (Å²) in [5.41, 5.74) is 8.06. The van der Waals surface area contributed by atoms with E-state index in [1.807, 2.05) is 12.1 Å². The van der Waals surface area contributed by atoms with Crippen LogP contribution < -0.4 is 10.1 Å². The summed E-state index contributed by atoms with van der Waals surface area (Å²) >= 11 is 0. The number of hydrogen-bond donors (Lipinski definition) is 2. The number of carbonyl (C=O) groups is 2. The standard InChI is InChI=1S/C34H43NO4/c1-23(2)27-13-15-28(16-14-27)32-24(3)20-30(21-25(32)4)39-22-34(5,6)18-7-8-26-9-11-29(12-10-26)33(38)35-19-17-31(36)37/h9-16,20-21,23H,7-8,17-19,22H2,1-6H3,(H,35,38)(H,36,37). The maximum atomic E-state index is 12.1. The third kappa shape index (κ3) is 8.98. The molecule has 0 aliphatic rings. The molecule has 208 valence electrons. The fourth-order valence-corrected chi connectivity index (χ4v) is 4.83. The quantitative estimate of drug-likeness (QED) is 0.238. The van der Waals surface area contributed by atoms with Gasteiger partial charge in [-0.25, -0.2) is 0 Å². The van der Waals surface area contributed by atoms with Gasteiger partial charge in [0, 0.05) is 12.1 Å². The van der Waals surface area contributed by atoms with Crippen LogP contribution in [0, 0.1) is 19.3 Å². The number of amides is 1. The number of carboxylic acid groups (broad SMARTS) is 1. The van der Waals surface area contributed by atoms with Gasteiger partial charge in [0.1, 0.15) is 5.75 Å². The van der Waals surface area contributed by atoms with Gasteiger partial charge in [-0.1, -0.05) is 64.1 Å². The van der Waals surface area contributed by atoms with Crippen LogP contribution in [0.25, 0.3) is 11.1 Å². The number of nitrogens with one attached hydrogen (secondary N) is 1. The summed E-state index contributed by atoms with van der Waals surface area (Å²) in [5, 5.41) is 11.3. The lowest BCUT2D eigenvalue weighted by Crippen LogP contribution is -2.25. The molecule has 3 aromatic carbocycles. The van der Waals surface area contributed by atoms with Crippen molar-refractivity contribution < 1.29 is 19.4 Å². The molecule has 0 aromatic heterocycles. The van der Waals surface area contributed by atoms with E-state index in [2.05, 4.69) is 83.3 Å². The Bertz CT molecular complexity index is 1230. The van der Waals surface area contributed by atoms with Crippen molar-refractivity contribution in [1.29, 1.82) is 0 Å². The molecule has 3 aromatic rings. The molecule has 5 nitrogen and oxygen atoms in total. The Labute approximate surface area is 233 Å². The molecule has 0 spiro atoms. The molecule has 0 radical (unpaired) electrons. The third-order valence-corrected chi connectivity index (χ3v) is 7.16. The number of carboxylic acids is 1. The number of hydrogen-bond acceptors (Lipinski definition) is 3. The second kappa shape index (κ2) is 13.5. The number of ether oxygens (including phenoxy) is 1. The number of benzene rings is 3. The zero-order chi connectivity index (χ0) is 28.6. The van der Waals surface area contributed by atoms with Crippen molar-refractivity contribution in [1.82, 2.24) is 5.32 Å². The maximum absolute atomic E-state index is 12.1. The molecule has 0 unspecified atom stereocenters. The molecule has 2 N–H and O–H groups in total. The minimum absolute atomic E-state index is 0.0249. The zero-order valence-electron chi connectivity index (χ0n) is 24.3. The highest BCUT2D eigenvalue weighted by atomic mass is 16.5. The lowest BCUT2D eigenvalue weighted by molar-refractivity contribution is -0.136. The topological polar surface area (TPSA) is 75.6 Å². The van der Waals surface area contributed by atoms with Crippen molar-refractivity contribution in [2.75, 3.05) is 13.2 Å². The van der Waals surface area contributed by atoms with Crippen molar-refractivity contribution >= 4 is 11.9 Å². The van der Waals surface area contributed by atoms with Crippen LogP contribution in [0.3, 0.4) is 0 Å². The molecular formula is C34H43NO4. The van der Waals surface area contributed by atoms with Crippen LogP contribution in [0.5, 0.6) is 5.75 Å². The number of aryl methyl sites for hydroxylation is 3. The Kier molecular flexibility index (Phi) is 10.3. The third-order valence-electron chi connectivity index (χ3n) is 7.16. The molecule has 0 heterocycles. The summed E-state index contributed by atoms with van der Waals surface area (Å²) in [6.07, 6.45) is 2.88. The van der Waals surface area contributed by atoms with Crippen LogP contribution in [-0.4, -0.2) is 30.1 Å². The fourth-order valence-electron chi connectivity index (χ4n) is 4.83. The lowest BCUT2D eigenvalue weighted by atomic mass is 9.87. The largest absolute Gasteiger partial charge is 0.493 e. The normalized spacial score (nSPS) is 11.5. The molecule has 3 rings (SSSR count). The van der Waals surface area contributed by atoms with E-state index in [-0.39, 0.29) is 24.3 Å². The van der Waals surface area contributed by atoms with Crippen LogP contribution >= 0.6 is 0 Å². The zero-order valence-corrected chi connectivity index (χ0v) is 24.3. The molecule has 0 aliphatic carbocycles. The average molecular weight is 530 g/mol. The van der Waals surface area contributed by atoms with E-state index in [1.165, 1.54) is 33.4 Å². The van der Waals surface area contributed by atoms with Gasteiger partial charge < -0.3 is 15.2 Å². The Morgan fingerprint density at radius 2 is 1.56 bits per heavy atom. The Hall–Kier alpha value is -3.60. The van der Waals surface area contributed by atoms with E-state index >= 15 is 0 Å². The van der Waals surface area contributed by atoms with Crippen LogP contribution in [0.15, 0.2) is 60.7 Å². The highest BCUT2D eigenvalue weighted by molar-refractivity contribution is 5.94. The first-order valence-electron chi connectivity index (χ1n) is 13.9. The van der Waals surface area contributed by atoms with Crippen molar-refractivity contribution in [2.24, 2.45) is 5.41 Å². The number of carbonyl (C=O) groups excluding carboxylic acids is 1. The molecule has 0 fully saturated rings. The summed E-state index contributed by atoms with van der Waals surface area (Å²) in [7, 11) is 0. The fraction of sp³-hybridized carbons (Fsp3) is 0.412. The summed E-state index contributed by atoms with van der Waals surface area (Å²) in [6.45, 7) is 14.0. The van der Waals surface area contributed by atoms with Crippen LogP contribution in [0.2, 0.25) is 0 Å². The Morgan fingerprint density at radius 3 is 2.13 bits per heavy atom. The average Bonchev–Trinajstić information content (AvgIpc) is 2.87. The van der Waals surface area contributed by atoms with E-state index in [4.69, 9.17) is 9.84 Å². The first-order valence-corrected chi connectivity index (χ1v) is 13.9. The van der Waals surface area contributed by atoms with Gasteiger partial charge in [-0.3, -0.25) is 9.59 Å². The molecule has 0 bridgehead atoms. The van der Waals surface area contributed by atoms with E-state index in [1.54, 1.807) is 12.1 Å². The van der Waals surface area contributed by atoms with Gasteiger partial charge in [-0.2, -0.15) is 0 Å². The summed E-state index contributed by atoms with van der Waals surface area (Å²) < 4.78 is 6.28. The molecule has 39 heavy (non-hydrogen) atoms. The van der Waals surface area contributed by atoms with Crippen LogP contribution in [-0.2, 0) is 11.2 Å². The van der Waals surface area contributed by atoms with Gasteiger partial charge in [-0.05, 0) is 102 Å². The number of aliphatic carboxylic acids is 1. The summed E-state index contributed by atoms with van der Waals surface area (Å²) in [6, 6.07) is 20.7. The van der Waals surface area contributed by atoms with E-state index in [0.29, 0.717) is 18.1 Å². The van der Waals surface area contributed by atoms with Crippen molar-refractivity contribution in [3.63, 3.8) is 0 Å². The van der Waals surface area contributed by atoms with Crippen molar-refractivity contribution in [3.05, 3.63) is 88.5 Å². The van der Waals surface area contributed by atoms with E-state index < -0.39 is 5.97 Å². The number of rotatable bonds is 13. The summed E-state index contributed by atoms with van der Waals surface area (Å²) in [5.74, 6) is 0.268. The predicted octanol–water partition coefficient (Wildman–Crippen LogP) is 7.73. The van der Waals surface area contributed by atoms with E-state index in [0.717, 1.165) is 25.0 Å². The van der Waals surface area contributed by atoms with Gasteiger partial charge in [0.05, 0.1) is 13.0 Å². The smallest absolute Gasteiger partial charge is 0.305 e. The monoisotopic (exact) mass is 529 g/mol. The van der Waals surface area contributed by atoms with Gasteiger partial charge in [0.15, 0.2) is 0 Å². The van der Waals surface area contributed by atoms with Gasteiger partial charge in [-0.15, -0.1) is 0 Å². The highest BCUT2D eigenvalue weighted by Gasteiger charge is 2.19. The van der Waals surface area contributed by atoms with Gasteiger partial charge in [0.25, 0.3) is 5.91 Å². The molecular weight excluding hydrogens is 486 g/mol. The SMILES string of the molecule is Cc1cc(OCC(C)(C)CCCc2ccc(C(=O)NCCC(=O)O)cc2)cc(C)c1-c1ccc(C(C)C)cc1. The van der Waals surface area contributed by atoms with Gasteiger partial charge in [0.2, 0.25) is 0 Å². The minimum Gasteiger partial charge on any atom is -0.493 e.